The number of methoxy groups -OCH3 is 1. The lowest BCUT2D eigenvalue weighted by molar-refractivity contribution is -0.145. The SMILES string of the molecule is COc1ccc(-c2nn([C@@H]3C[C@H]4C(=O)N[C@]5(C(=O)O)C[C@@H]5/C=C\CCCCC[C@H](NC(=O)N5CCCC5)C(=O)N4C3)nc2-c2nccs2)cc1. The maximum absolute atomic E-state index is 14.5. The molecule has 3 aliphatic heterocycles. The monoisotopic (exact) mass is 702 g/mol. The first-order valence-electron chi connectivity index (χ1n) is 17.4. The quantitative estimate of drug-likeness (QED) is 0.323. The molecule has 1 aliphatic carbocycles. The fourth-order valence-electron chi connectivity index (χ4n) is 7.32. The van der Waals surface area contributed by atoms with Crippen LogP contribution in [0.15, 0.2) is 48.0 Å². The van der Waals surface area contributed by atoms with Crippen molar-refractivity contribution in [3.05, 3.63) is 48.0 Å². The minimum atomic E-state index is -1.42. The summed E-state index contributed by atoms with van der Waals surface area (Å²) in [6.07, 6.45) is 11.5. The second kappa shape index (κ2) is 14.2. The minimum absolute atomic E-state index is 0.102. The second-order valence-electron chi connectivity index (χ2n) is 13.5. The van der Waals surface area contributed by atoms with Crippen LogP contribution in [0, 0.1) is 5.92 Å². The molecule has 1 saturated carbocycles. The van der Waals surface area contributed by atoms with Gasteiger partial charge in [-0.15, -0.1) is 16.4 Å². The summed E-state index contributed by atoms with van der Waals surface area (Å²) in [5.41, 5.74) is 0.535. The zero-order chi connectivity index (χ0) is 34.8. The maximum Gasteiger partial charge on any atom is 0.330 e. The summed E-state index contributed by atoms with van der Waals surface area (Å²) in [5, 5.41) is 28.3. The summed E-state index contributed by atoms with van der Waals surface area (Å²) in [5.74, 6) is -1.64. The van der Waals surface area contributed by atoms with Gasteiger partial charge in [0.15, 0.2) is 0 Å². The number of amides is 4. The number of fused-ring (bicyclic) bond motifs is 2. The van der Waals surface area contributed by atoms with Crippen LogP contribution in [0.25, 0.3) is 22.0 Å². The Morgan fingerprint density at radius 2 is 1.84 bits per heavy atom. The molecule has 5 atom stereocenters. The van der Waals surface area contributed by atoms with E-state index in [1.165, 1.54) is 16.2 Å². The van der Waals surface area contributed by atoms with Crippen LogP contribution in [0.3, 0.4) is 0 Å². The Hall–Kier alpha value is -4.79. The van der Waals surface area contributed by atoms with Crippen molar-refractivity contribution >= 4 is 35.2 Å². The largest absolute Gasteiger partial charge is 0.497 e. The van der Waals surface area contributed by atoms with Gasteiger partial charge in [-0.1, -0.05) is 25.0 Å². The molecule has 0 bridgehead atoms. The van der Waals surface area contributed by atoms with Gasteiger partial charge in [-0.05, 0) is 62.8 Å². The van der Waals surface area contributed by atoms with Gasteiger partial charge in [-0.25, -0.2) is 14.6 Å². The molecule has 5 heterocycles. The Bertz CT molecular complexity index is 1750. The molecule has 7 rings (SSSR count). The van der Waals surface area contributed by atoms with Crippen LogP contribution in [-0.2, 0) is 14.4 Å². The molecule has 3 aromatic rings. The fourth-order valence-corrected chi connectivity index (χ4v) is 7.94. The molecule has 2 saturated heterocycles. The van der Waals surface area contributed by atoms with E-state index in [0.717, 1.165) is 37.7 Å². The number of rotatable bonds is 6. The standard InChI is InChI=1S/C35H42N8O6S/c1-49-25-13-11-22(12-14-25)28-29(31-36-15-18-50-31)40-43(39-28)24-19-27-30(44)38-35(33(46)47)20-23(35)9-5-3-2-4-6-10-26(32(45)42(27)21-24)37-34(48)41-16-7-8-17-41/h5,9,11-15,18,23-24,26-27H,2-4,6-8,10,16-17,19-21H2,1H3,(H,37,48)(H,38,44)(H,46,47)/b9-5-/t23-,24+,26-,27-,35+/m0/s1. The average Bonchev–Trinajstić information content (AvgIpc) is 3.77. The number of carboxylic acid groups (broad SMARTS) is 1. The highest BCUT2D eigenvalue weighted by Crippen LogP contribution is 2.46. The van der Waals surface area contributed by atoms with Crippen molar-refractivity contribution in [2.24, 2.45) is 5.92 Å². The summed E-state index contributed by atoms with van der Waals surface area (Å²) in [7, 11) is 1.60. The molecule has 4 aliphatic rings. The number of aliphatic carboxylic acids is 1. The van der Waals surface area contributed by atoms with E-state index in [9.17, 15) is 24.3 Å². The van der Waals surface area contributed by atoms with Gasteiger partial charge in [0, 0.05) is 49.1 Å². The lowest BCUT2D eigenvalue weighted by atomic mass is 10.0. The number of nitrogens with zero attached hydrogens (tertiary/aromatic N) is 6. The average molecular weight is 703 g/mol. The molecule has 2 aromatic heterocycles. The molecule has 0 unspecified atom stereocenters. The van der Waals surface area contributed by atoms with Crippen molar-refractivity contribution in [3.63, 3.8) is 0 Å². The fraction of sp³-hybridized carbons (Fsp3) is 0.514. The van der Waals surface area contributed by atoms with Crippen molar-refractivity contribution in [2.75, 3.05) is 26.7 Å². The third-order valence-corrected chi connectivity index (χ3v) is 11.1. The van der Waals surface area contributed by atoms with Crippen LogP contribution >= 0.6 is 11.3 Å². The molecule has 50 heavy (non-hydrogen) atoms. The molecule has 3 fully saturated rings. The molecule has 264 valence electrons. The number of aromatic nitrogens is 4. The van der Waals surface area contributed by atoms with E-state index in [1.54, 1.807) is 23.0 Å². The number of carbonyl (C=O) groups is 4. The molecule has 0 radical (unpaired) electrons. The lowest BCUT2D eigenvalue weighted by Crippen LogP contribution is -2.57. The molecule has 15 heteroatoms. The van der Waals surface area contributed by atoms with Crippen LogP contribution in [-0.4, -0.2) is 103 Å². The van der Waals surface area contributed by atoms with Gasteiger partial charge >= 0.3 is 12.0 Å². The summed E-state index contributed by atoms with van der Waals surface area (Å²) in [6.45, 7) is 1.37. The van der Waals surface area contributed by atoms with Crippen molar-refractivity contribution in [1.29, 1.82) is 0 Å². The first kappa shape index (κ1) is 33.7. The molecule has 4 amide bonds. The zero-order valence-electron chi connectivity index (χ0n) is 28.0. The van der Waals surface area contributed by atoms with E-state index >= 15 is 0 Å². The predicted octanol–water partition coefficient (Wildman–Crippen LogP) is 3.87. The van der Waals surface area contributed by atoms with Gasteiger partial charge in [0.1, 0.15) is 39.8 Å². The van der Waals surface area contributed by atoms with Crippen molar-refractivity contribution in [3.8, 4) is 27.7 Å². The number of ether oxygens (including phenoxy) is 1. The van der Waals surface area contributed by atoms with E-state index < -0.39 is 35.5 Å². The zero-order valence-corrected chi connectivity index (χ0v) is 28.8. The highest BCUT2D eigenvalue weighted by Gasteiger charge is 2.61. The second-order valence-corrected chi connectivity index (χ2v) is 14.4. The van der Waals surface area contributed by atoms with Crippen LogP contribution in [0.2, 0.25) is 0 Å². The van der Waals surface area contributed by atoms with E-state index in [-0.39, 0.29) is 37.2 Å². The van der Waals surface area contributed by atoms with Crippen LogP contribution in [0.4, 0.5) is 4.79 Å². The molecule has 14 nitrogen and oxygen atoms in total. The summed E-state index contributed by atoms with van der Waals surface area (Å²) >= 11 is 1.43. The Morgan fingerprint density at radius 3 is 2.56 bits per heavy atom. The van der Waals surface area contributed by atoms with Crippen molar-refractivity contribution < 1.29 is 29.0 Å². The predicted molar refractivity (Wildman–Crippen MR) is 184 cm³/mol. The van der Waals surface area contributed by atoms with Gasteiger partial charge in [0.05, 0.1) is 13.2 Å². The Balaban J connectivity index is 1.23. The van der Waals surface area contributed by atoms with Crippen LogP contribution < -0.4 is 15.4 Å². The molecule has 3 N–H and O–H groups in total. The lowest BCUT2D eigenvalue weighted by Gasteiger charge is -2.30. The van der Waals surface area contributed by atoms with Gasteiger partial charge in [-0.3, -0.25) is 9.59 Å². The van der Waals surface area contributed by atoms with Gasteiger partial charge in [0.25, 0.3) is 0 Å². The number of carboxylic acids is 1. The number of urea groups is 1. The number of likely N-dealkylation sites (tertiary alicyclic amines) is 1. The van der Waals surface area contributed by atoms with Crippen LogP contribution in [0.5, 0.6) is 5.75 Å². The summed E-state index contributed by atoms with van der Waals surface area (Å²) in [4.78, 5) is 63.7. The number of thiazole rings is 1. The summed E-state index contributed by atoms with van der Waals surface area (Å²) < 4.78 is 5.34. The molecule has 0 spiro atoms. The topological polar surface area (TPSA) is 172 Å². The molecular formula is C35H42N8O6S. The first-order valence-corrected chi connectivity index (χ1v) is 18.2. The highest BCUT2D eigenvalue weighted by molar-refractivity contribution is 7.13. The van der Waals surface area contributed by atoms with Gasteiger partial charge in [0.2, 0.25) is 11.8 Å². The number of hydrogen-bond acceptors (Lipinski definition) is 9. The van der Waals surface area contributed by atoms with Gasteiger partial charge < -0.3 is 30.3 Å². The number of hydrogen-bond donors (Lipinski definition) is 3. The number of carbonyl (C=O) groups excluding carboxylic acids is 3. The van der Waals surface area contributed by atoms with Crippen molar-refractivity contribution in [1.82, 2.24) is 40.4 Å². The smallest absolute Gasteiger partial charge is 0.330 e. The third kappa shape index (κ3) is 6.70. The molecular weight excluding hydrogens is 661 g/mol. The number of nitrogens with one attached hydrogen (secondary N) is 2. The maximum atomic E-state index is 14.5. The normalized spacial score (nSPS) is 27.8. The Labute approximate surface area is 293 Å². The van der Waals surface area contributed by atoms with E-state index in [1.807, 2.05) is 41.8 Å². The van der Waals surface area contributed by atoms with E-state index in [2.05, 4.69) is 15.6 Å². The van der Waals surface area contributed by atoms with E-state index in [4.69, 9.17) is 14.9 Å². The Kier molecular flexibility index (Phi) is 9.58. The first-order chi connectivity index (χ1) is 24.3. The third-order valence-electron chi connectivity index (χ3n) is 10.3. The number of benzene rings is 1. The highest BCUT2D eigenvalue weighted by atomic mass is 32.1. The number of allylic oxidation sites excluding steroid dienone is 1. The minimum Gasteiger partial charge on any atom is -0.497 e. The molecule has 1 aromatic carbocycles. The van der Waals surface area contributed by atoms with Gasteiger partial charge in [-0.2, -0.15) is 9.90 Å². The van der Waals surface area contributed by atoms with Crippen molar-refractivity contribution in [2.45, 2.75) is 81.5 Å². The summed E-state index contributed by atoms with van der Waals surface area (Å²) in [6, 6.07) is 4.82. The Morgan fingerprint density at radius 1 is 1.06 bits per heavy atom. The van der Waals surface area contributed by atoms with Crippen LogP contribution in [0.1, 0.15) is 63.8 Å². The van der Waals surface area contributed by atoms with E-state index in [0.29, 0.717) is 48.1 Å².